The number of aliphatic hydroxyl groups is 2. The smallest absolute Gasteiger partial charge is 0.268 e. The number of benzene rings is 3. The molecular weight excluding hydrogens is 518 g/mol. The van der Waals surface area contributed by atoms with Crippen LogP contribution in [0.5, 0.6) is 0 Å². The highest BCUT2D eigenvalue weighted by atomic mass is 16.3. The molecule has 0 saturated carbocycles. The van der Waals surface area contributed by atoms with Crippen LogP contribution in [0.1, 0.15) is 36.5 Å². The van der Waals surface area contributed by atoms with Crippen LogP contribution in [0.2, 0.25) is 0 Å². The molecule has 1 fully saturated rings. The van der Waals surface area contributed by atoms with E-state index >= 15 is 0 Å². The molecule has 41 heavy (non-hydrogen) atoms. The molecule has 3 aromatic rings. The maximum atomic E-state index is 14.0. The monoisotopic (exact) mass is 551 g/mol. The Morgan fingerprint density at radius 3 is 2.44 bits per heavy atom. The fourth-order valence-electron chi connectivity index (χ4n) is 6.12. The van der Waals surface area contributed by atoms with Crippen LogP contribution in [-0.4, -0.2) is 52.0 Å². The first kappa shape index (κ1) is 26.9. The average molecular weight is 552 g/mol. The van der Waals surface area contributed by atoms with Crippen LogP contribution >= 0.6 is 0 Å². The lowest BCUT2D eigenvalue weighted by molar-refractivity contribution is -0.138. The minimum atomic E-state index is -1.90. The van der Waals surface area contributed by atoms with Crippen molar-refractivity contribution in [3.05, 3.63) is 102 Å². The minimum Gasteiger partial charge on any atom is -0.394 e. The first-order chi connectivity index (χ1) is 19.8. The number of rotatable bonds is 7. The summed E-state index contributed by atoms with van der Waals surface area (Å²) in [6.07, 6.45) is 4.55. The summed E-state index contributed by atoms with van der Waals surface area (Å²) in [6, 6.07) is 22.1. The Kier molecular flexibility index (Phi) is 6.97. The second kappa shape index (κ2) is 10.6. The number of anilines is 3. The maximum absolute atomic E-state index is 14.0. The summed E-state index contributed by atoms with van der Waals surface area (Å²) in [5.74, 6) is -1.28. The SMILES string of the molecule is C[C@H](/C=C/CC(=O)N1Cc2ccccc2C[C@H]1CO)[C@@]1(O)C(=O)N(c2ccccc2)c2ccc(N3CCC3=O)cc21. The van der Waals surface area contributed by atoms with E-state index in [-0.39, 0.29) is 30.9 Å². The third-order valence-corrected chi connectivity index (χ3v) is 8.60. The van der Waals surface area contributed by atoms with E-state index in [4.69, 9.17) is 0 Å². The lowest BCUT2D eigenvalue weighted by Crippen LogP contribution is -2.46. The Morgan fingerprint density at radius 1 is 1.02 bits per heavy atom. The van der Waals surface area contributed by atoms with E-state index in [9.17, 15) is 24.6 Å². The van der Waals surface area contributed by atoms with Gasteiger partial charge >= 0.3 is 0 Å². The van der Waals surface area contributed by atoms with Crippen molar-refractivity contribution in [3.63, 3.8) is 0 Å². The number of β-lactam (4-membered cyclic amide) rings is 1. The molecule has 0 bridgehead atoms. The van der Waals surface area contributed by atoms with Gasteiger partial charge in [0.2, 0.25) is 11.8 Å². The molecule has 8 nitrogen and oxygen atoms in total. The Hall–Kier alpha value is -4.27. The second-order valence-corrected chi connectivity index (χ2v) is 11.0. The Morgan fingerprint density at radius 2 is 1.76 bits per heavy atom. The molecule has 0 unspecified atom stereocenters. The van der Waals surface area contributed by atoms with Gasteiger partial charge in [-0.3, -0.25) is 19.3 Å². The molecule has 3 heterocycles. The molecule has 0 aromatic heterocycles. The van der Waals surface area contributed by atoms with Crippen LogP contribution in [0.3, 0.4) is 0 Å². The van der Waals surface area contributed by atoms with E-state index in [0.717, 1.165) is 11.1 Å². The van der Waals surface area contributed by atoms with Crippen LogP contribution in [0, 0.1) is 5.92 Å². The topological polar surface area (TPSA) is 101 Å². The summed E-state index contributed by atoms with van der Waals surface area (Å²) in [4.78, 5) is 44.2. The summed E-state index contributed by atoms with van der Waals surface area (Å²) in [5, 5.41) is 22.1. The number of fused-ring (bicyclic) bond motifs is 2. The lowest BCUT2D eigenvalue weighted by atomic mass is 9.82. The normalized spacial score (nSPS) is 22.5. The summed E-state index contributed by atoms with van der Waals surface area (Å²) in [7, 11) is 0. The fraction of sp³-hybridized carbons (Fsp3) is 0.303. The molecule has 1 saturated heterocycles. The van der Waals surface area contributed by atoms with Gasteiger partial charge in [-0.15, -0.1) is 0 Å². The predicted molar refractivity (Wildman–Crippen MR) is 155 cm³/mol. The Balaban J connectivity index is 1.26. The number of carbonyl (C=O) groups is 3. The van der Waals surface area contributed by atoms with Gasteiger partial charge in [0.1, 0.15) is 0 Å². The molecule has 3 amide bonds. The summed E-state index contributed by atoms with van der Waals surface area (Å²) >= 11 is 0. The van der Waals surface area contributed by atoms with Gasteiger partial charge in [-0.05, 0) is 47.9 Å². The summed E-state index contributed by atoms with van der Waals surface area (Å²) < 4.78 is 0. The summed E-state index contributed by atoms with van der Waals surface area (Å²) in [5.41, 5.74) is 2.59. The number of hydrogen-bond acceptors (Lipinski definition) is 5. The highest BCUT2D eigenvalue weighted by molar-refractivity contribution is 6.13. The second-order valence-electron chi connectivity index (χ2n) is 11.0. The van der Waals surface area contributed by atoms with E-state index in [2.05, 4.69) is 0 Å². The average Bonchev–Trinajstić information content (AvgIpc) is 3.22. The quantitative estimate of drug-likeness (QED) is 0.344. The summed E-state index contributed by atoms with van der Waals surface area (Å²) in [6.45, 7) is 2.66. The largest absolute Gasteiger partial charge is 0.394 e. The van der Waals surface area contributed by atoms with Crippen LogP contribution in [0.4, 0.5) is 17.1 Å². The van der Waals surface area contributed by atoms with Crippen molar-refractivity contribution in [2.75, 3.05) is 23.0 Å². The molecule has 3 aliphatic heterocycles. The first-order valence-electron chi connectivity index (χ1n) is 14.0. The maximum Gasteiger partial charge on any atom is 0.268 e. The number of nitrogens with zero attached hydrogens (tertiary/aromatic N) is 3. The molecule has 210 valence electrons. The third kappa shape index (κ3) is 4.53. The van der Waals surface area contributed by atoms with E-state index in [1.807, 2.05) is 54.6 Å². The highest BCUT2D eigenvalue weighted by Crippen LogP contribution is 2.49. The highest BCUT2D eigenvalue weighted by Gasteiger charge is 2.53. The van der Waals surface area contributed by atoms with Crippen molar-refractivity contribution >= 4 is 34.8 Å². The fourth-order valence-corrected chi connectivity index (χ4v) is 6.12. The molecule has 8 heteroatoms. The zero-order chi connectivity index (χ0) is 28.7. The third-order valence-electron chi connectivity index (χ3n) is 8.60. The van der Waals surface area contributed by atoms with Gasteiger partial charge in [0.05, 0.1) is 18.3 Å². The van der Waals surface area contributed by atoms with Crippen molar-refractivity contribution in [2.45, 2.75) is 44.4 Å². The molecule has 0 spiro atoms. The zero-order valence-electron chi connectivity index (χ0n) is 22.9. The minimum absolute atomic E-state index is 0.00528. The van der Waals surface area contributed by atoms with Crippen molar-refractivity contribution < 1.29 is 24.6 Å². The molecule has 3 aromatic carbocycles. The number of aliphatic hydroxyl groups excluding tert-OH is 1. The van der Waals surface area contributed by atoms with E-state index < -0.39 is 17.4 Å². The van der Waals surface area contributed by atoms with Crippen molar-refractivity contribution in [3.8, 4) is 0 Å². The van der Waals surface area contributed by atoms with Gasteiger partial charge in [-0.2, -0.15) is 0 Å². The molecule has 2 N–H and O–H groups in total. The Labute approximate surface area is 239 Å². The molecular formula is C33H33N3O5. The molecule has 3 aliphatic rings. The van der Waals surface area contributed by atoms with Crippen molar-refractivity contribution in [2.24, 2.45) is 5.92 Å². The number of para-hydroxylation sites is 1. The van der Waals surface area contributed by atoms with Gasteiger partial charge in [-0.1, -0.05) is 61.5 Å². The lowest BCUT2D eigenvalue weighted by Gasteiger charge is -2.36. The molecule has 0 radical (unpaired) electrons. The number of carbonyl (C=O) groups excluding carboxylic acids is 3. The van der Waals surface area contributed by atoms with E-state index in [0.29, 0.717) is 48.6 Å². The van der Waals surface area contributed by atoms with Crippen LogP contribution in [0.25, 0.3) is 0 Å². The van der Waals surface area contributed by atoms with Gasteiger partial charge in [0.25, 0.3) is 5.91 Å². The zero-order valence-corrected chi connectivity index (χ0v) is 22.9. The van der Waals surface area contributed by atoms with Crippen molar-refractivity contribution in [1.29, 1.82) is 0 Å². The van der Waals surface area contributed by atoms with Gasteiger partial charge in [0.15, 0.2) is 5.60 Å². The molecule has 0 aliphatic carbocycles. The van der Waals surface area contributed by atoms with E-state index in [1.54, 1.807) is 47.1 Å². The molecule has 3 atom stereocenters. The van der Waals surface area contributed by atoms with Crippen LogP contribution in [-0.2, 0) is 33.0 Å². The van der Waals surface area contributed by atoms with Gasteiger partial charge < -0.3 is 20.0 Å². The van der Waals surface area contributed by atoms with E-state index in [1.165, 1.54) is 4.90 Å². The number of amides is 3. The number of hydrogen-bond donors (Lipinski definition) is 2. The predicted octanol–water partition coefficient (Wildman–Crippen LogP) is 3.82. The molecule has 6 rings (SSSR count). The van der Waals surface area contributed by atoms with Gasteiger partial charge in [-0.25, -0.2) is 0 Å². The Bertz CT molecular complexity index is 1540. The van der Waals surface area contributed by atoms with Crippen molar-refractivity contribution in [1.82, 2.24) is 4.90 Å². The first-order valence-corrected chi connectivity index (χ1v) is 14.0. The van der Waals surface area contributed by atoms with Crippen LogP contribution in [0.15, 0.2) is 84.9 Å². The van der Waals surface area contributed by atoms with Crippen LogP contribution < -0.4 is 9.80 Å². The van der Waals surface area contributed by atoms with Gasteiger partial charge in [0, 0.05) is 48.8 Å². The standard InChI is InChI=1S/C33H33N3O5/c1-22(8-7-13-30(38)35-20-24-10-6-5-9-23(24)18-27(35)21-37)33(41)28-19-26(34-17-16-31(34)39)14-15-29(28)36(32(33)40)25-11-3-2-4-12-25/h2-12,14-15,19,22,27,37,41H,13,16-18,20-21H2,1H3/b8-7+/t22-,27+,33+/m1/s1.